The Balaban J connectivity index is 2.07. The van der Waals surface area contributed by atoms with Gasteiger partial charge in [0.25, 0.3) is 0 Å². The summed E-state index contributed by atoms with van der Waals surface area (Å²) < 4.78 is 28.0. The summed E-state index contributed by atoms with van der Waals surface area (Å²) in [6.07, 6.45) is 4.48. The van der Waals surface area contributed by atoms with Crippen LogP contribution in [-0.4, -0.2) is 18.9 Å². The molecule has 6 heteroatoms. The van der Waals surface area contributed by atoms with E-state index >= 15 is 0 Å². The Morgan fingerprint density at radius 2 is 1.95 bits per heavy atom. The van der Waals surface area contributed by atoms with Crippen LogP contribution in [0.25, 0.3) is 10.9 Å². The predicted molar refractivity (Wildman–Crippen MR) is 78.9 cm³/mol. The molecule has 5 nitrogen and oxygen atoms in total. The number of rotatable bonds is 3. The molecule has 1 aromatic heterocycles. The van der Waals surface area contributed by atoms with Gasteiger partial charge in [-0.2, -0.15) is 9.98 Å². The van der Waals surface area contributed by atoms with E-state index in [0.717, 1.165) is 12.8 Å². The maximum atomic E-state index is 12.7. The average Bonchev–Trinajstić information content (AvgIpc) is 2.95. The van der Waals surface area contributed by atoms with Crippen molar-refractivity contribution in [3.63, 3.8) is 0 Å². The molecular formula is C15H15N3O2S. The first-order chi connectivity index (χ1) is 10.1. The summed E-state index contributed by atoms with van der Waals surface area (Å²) in [5.74, 6) is 0. The predicted octanol–water partition coefficient (Wildman–Crippen LogP) is 2.35. The van der Waals surface area contributed by atoms with Crippen molar-refractivity contribution in [3.8, 4) is 6.07 Å². The fourth-order valence-corrected chi connectivity index (χ4v) is 4.43. The smallest absolute Gasteiger partial charge is 0.242 e. The quantitative estimate of drug-likeness (QED) is 0.943. The molecule has 0 bridgehead atoms. The van der Waals surface area contributed by atoms with Crippen LogP contribution in [0, 0.1) is 11.3 Å². The number of sulfonamides is 1. The molecule has 1 N–H and O–H groups in total. The molecule has 0 amide bonds. The second-order valence-electron chi connectivity index (χ2n) is 5.33. The van der Waals surface area contributed by atoms with Crippen molar-refractivity contribution in [2.45, 2.75) is 36.1 Å². The van der Waals surface area contributed by atoms with Crippen LogP contribution in [0.3, 0.4) is 0 Å². The lowest BCUT2D eigenvalue weighted by Gasteiger charge is -2.22. The van der Waals surface area contributed by atoms with Crippen LogP contribution in [0.15, 0.2) is 41.4 Å². The highest BCUT2D eigenvalue weighted by atomic mass is 32.2. The van der Waals surface area contributed by atoms with Gasteiger partial charge in [-0.15, -0.1) is 0 Å². The Labute approximate surface area is 123 Å². The van der Waals surface area contributed by atoms with Gasteiger partial charge in [-0.1, -0.05) is 18.9 Å². The van der Waals surface area contributed by atoms with Crippen LogP contribution >= 0.6 is 0 Å². The molecule has 3 rings (SSSR count). The lowest BCUT2D eigenvalue weighted by molar-refractivity contribution is 0.485. The minimum absolute atomic E-state index is 0.176. The Bertz CT molecular complexity index is 813. The molecule has 0 radical (unpaired) electrons. The maximum Gasteiger partial charge on any atom is 0.242 e. The number of nitrogens with zero attached hydrogens (tertiary/aromatic N) is 2. The molecule has 108 valence electrons. The molecule has 0 spiro atoms. The Kier molecular flexibility index (Phi) is 3.40. The third-order valence-electron chi connectivity index (χ3n) is 3.90. The molecule has 1 aliphatic carbocycles. The Morgan fingerprint density at radius 3 is 2.67 bits per heavy atom. The highest BCUT2D eigenvalue weighted by Crippen LogP contribution is 2.31. The van der Waals surface area contributed by atoms with Crippen molar-refractivity contribution >= 4 is 20.9 Å². The minimum Gasteiger partial charge on any atom is -0.256 e. The van der Waals surface area contributed by atoms with E-state index < -0.39 is 15.6 Å². The zero-order valence-corrected chi connectivity index (χ0v) is 12.2. The van der Waals surface area contributed by atoms with Gasteiger partial charge < -0.3 is 0 Å². The molecule has 1 aromatic carbocycles. The lowest BCUT2D eigenvalue weighted by atomic mass is 10.0. The number of fused-ring (bicyclic) bond motifs is 1. The summed E-state index contributed by atoms with van der Waals surface area (Å²) in [5, 5.41) is 9.92. The van der Waals surface area contributed by atoms with Gasteiger partial charge >= 0.3 is 0 Å². The standard InChI is InChI=1S/C15H15N3O2S/c16-11-15(8-1-2-9-15)18-21(19,20)14-7-3-6-13-12(14)5-4-10-17-13/h3-7,10,18H,1-2,8-9H2. The maximum absolute atomic E-state index is 12.7. The number of nitrogens with one attached hydrogen (secondary N) is 1. The summed E-state index contributed by atoms with van der Waals surface area (Å²) in [4.78, 5) is 4.34. The molecule has 2 aromatic rings. The van der Waals surface area contributed by atoms with Gasteiger partial charge in [-0.25, -0.2) is 8.42 Å². The van der Waals surface area contributed by atoms with E-state index in [1.54, 1.807) is 36.5 Å². The molecule has 0 saturated heterocycles. The second-order valence-corrected chi connectivity index (χ2v) is 6.98. The van der Waals surface area contributed by atoms with E-state index in [-0.39, 0.29) is 4.90 Å². The van der Waals surface area contributed by atoms with Crippen molar-refractivity contribution in [1.82, 2.24) is 9.71 Å². The summed E-state index contributed by atoms with van der Waals surface area (Å²) >= 11 is 0. The number of pyridine rings is 1. The first kappa shape index (κ1) is 14.0. The van der Waals surface area contributed by atoms with Crippen LogP contribution in [0.5, 0.6) is 0 Å². The van der Waals surface area contributed by atoms with Crippen LogP contribution in [0.1, 0.15) is 25.7 Å². The minimum atomic E-state index is -3.75. The van der Waals surface area contributed by atoms with Crippen LogP contribution in [-0.2, 0) is 10.0 Å². The fraction of sp³-hybridized carbons (Fsp3) is 0.333. The van der Waals surface area contributed by atoms with Crippen molar-refractivity contribution in [2.24, 2.45) is 0 Å². The zero-order chi connectivity index (χ0) is 14.9. The van der Waals surface area contributed by atoms with Crippen molar-refractivity contribution in [1.29, 1.82) is 5.26 Å². The normalized spacial score (nSPS) is 17.7. The average molecular weight is 301 g/mol. The topological polar surface area (TPSA) is 82.9 Å². The molecular weight excluding hydrogens is 286 g/mol. The van der Waals surface area contributed by atoms with Gasteiger partial charge in [-0.05, 0) is 37.1 Å². The molecule has 0 aliphatic heterocycles. The van der Waals surface area contributed by atoms with E-state index in [1.807, 2.05) is 0 Å². The third-order valence-corrected chi connectivity index (χ3v) is 5.49. The number of aromatic nitrogens is 1. The van der Waals surface area contributed by atoms with Gasteiger partial charge in [0.2, 0.25) is 10.0 Å². The fourth-order valence-electron chi connectivity index (χ4n) is 2.84. The summed E-state index contributed by atoms with van der Waals surface area (Å²) in [6.45, 7) is 0. The van der Waals surface area contributed by atoms with E-state index in [1.165, 1.54) is 0 Å². The van der Waals surface area contributed by atoms with Gasteiger partial charge in [0, 0.05) is 11.6 Å². The number of hydrogen-bond donors (Lipinski definition) is 1. The number of hydrogen-bond acceptors (Lipinski definition) is 4. The highest BCUT2D eigenvalue weighted by Gasteiger charge is 2.38. The molecule has 1 aliphatic rings. The van der Waals surface area contributed by atoms with Crippen molar-refractivity contribution in [2.75, 3.05) is 0 Å². The summed E-state index contributed by atoms with van der Waals surface area (Å²) in [6, 6.07) is 10.6. The Morgan fingerprint density at radius 1 is 1.19 bits per heavy atom. The first-order valence-electron chi connectivity index (χ1n) is 6.85. The van der Waals surface area contributed by atoms with Crippen LogP contribution < -0.4 is 4.72 Å². The third kappa shape index (κ3) is 2.50. The van der Waals surface area contributed by atoms with Crippen LogP contribution in [0.4, 0.5) is 0 Å². The second kappa shape index (κ2) is 5.10. The SMILES string of the molecule is N#CC1(NS(=O)(=O)c2cccc3ncccc23)CCCC1. The highest BCUT2D eigenvalue weighted by molar-refractivity contribution is 7.89. The summed E-state index contributed by atoms with van der Waals surface area (Å²) in [5.41, 5.74) is -0.346. The Hall–Kier alpha value is -1.97. The van der Waals surface area contributed by atoms with Crippen molar-refractivity contribution < 1.29 is 8.42 Å². The number of nitriles is 1. The molecule has 0 atom stereocenters. The van der Waals surface area contributed by atoms with E-state index in [9.17, 15) is 13.7 Å². The molecule has 0 unspecified atom stereocenters. The van der Waals surface area contributed by atoms with E-state index in [0.29, 0.717) is 23.7 Å². The van der Waals surface area contributed by atoms with Crippen LogP contribution in [0.2, 0.25) is 0 Å². The van der Waals surface area contributed by atoms with Gasteiger partial charge in [0.05, 0.1) is 16.5 Å². The molecule has 1 fully saturated rings. The monoisotopic (exact) mass is 301 g/mol. The molecule has 1 heterocycles. The van der Waals surface area contributed by atoms with Gasteiger partial charge in [0.1, 0.15) is 5.54 Å². The lowest BCUT2D eigenvalue weighted by Crippen LogP contribution is -2.44. The molecule has 1 saturated carbocycles. The number of benzene rings is 1. The summed E-state index contributed by atoms with van der Waals surface area (Å²) in [7, 11) is -3.75. The van der Waals surface area contributed by atoms with E-state index in [2.05, 4.69) is 15.8 Å². The zero-order valence-electron chi connectivity index (χ0n) is 11.4. The molecule has 21 heavy (non-hydrogen) atoms. The van der Waals surface area contributed by atoms with Gasteiger partial charge in [-0.3, -0.25) is 4.98 Å². The first-order valence-corrected chi connectivity index (χ1v) is 8.34. The largest absolute Gasteiger partial charge is 0.256 e. The van der Waals surface area contributed by atoms with Crippen molar-refractivity contribution in [3.05, 3.63) is 36.5 Å². The van der Waals surface area contributed by atoms with Gasteiger partial charge in [0.15, 0.2) is 0 Å². The van der Waals surface area contributed by atoms with E-state index in [4.69, 9.17) is 0 Å².